The molecule has 0 atom stereocenters. The maximum absolute atomic E-state index is 8.54. The summed E-state index contributed by atoms with van der Waals surface area (Å²) in [5, 5.41) is 16.0. The van der Waals surface area contributed by atoms with Gasteiger partial charge in [0, 0.05) is 0 Å². The molecular weight excluding hydrogens is 187 g/mol. The summed E-state index contributed by atoms with van der Waals surface area (Å²) in [5.74, 6) is 0. The lowest BCUT2D eigenvalue weighted by molar-refractivity contribution is 0.818. The zero-order valence-electron chi connectivity index (χ0n) is 5.43. The number of hydrogen-bond acceptors (Lipinski definition) is 2. The molecule has 0 N–H and O–H groups in total. The third-order valence-corrected chi connectivity index (χ3v) is 4.98. The molecule has 54 valence electrons. The lowest BCUT2D eigenvalue weighted by Crippen LogP contribution is -2.19. The van der Waals surface area contributed by atoms with Crippen molar-refractivity contribution in [3.8, 4) is 12.1 Å². The minimum Gasteiger partial charge on any atom is -0.197 e. The summed E-state index contributed by atoms with van der Waals surface area (Å²) < 4.78 is 0. The summed E-state index contributed by atoms with van der Waals surface area (Å²) in [5.41, 5.74) is 0. The molecule has 10 heavy (non-hydrogen) atoms. The van der Waals surface area contributed by atoms with Crippen molar-refractivity contribution in [2.75, 3.05) is 0 Å². The fourth-order valence-electron chi connectivity index (χ4n) is 0.435. The monoisotopic (exact) mass is 192 g/mol. The highest BCUT2D eigenvalue weighted by molar-refractivity contribution is 7.35. The molecule has 0 spiro atoms. The Morgan fingerprint density at radius 3 is 1.80 bits per heavy atom. The van der Waals surface area contributed by atoms with Crippen LogP contribution in [0.15, 0.2) is 0 Å². The van der Waals surface area contributed by atoms with E-state index >= 15 is 0 Å². The van der Waals surface area contributed by atoms with E-state index in [0.29, 0.717) is 6.42 Å². The fourth-order valence-corrected chi connectivity index (χ4v) is 2.45. The molecule has 0 aliphatic heterocycles. The molecule has 0 aliphatic rings. The van der Waals surface area contributed by atoms with Crippen LogP contribution in [0, 0.1) is 22.7 Å². The third kappa shape index (κ3) is 1.64. The molecular formula is C5H6Cl2N2Si. The zero-order valence-corrected chi connectivity index (χ0v) is 8.10. The topological polar surface area (TPSA) is 47.6 Å². The third-order valence-electron chi connectivity index (χ3n) is 1.33. The highest BCUT2D eigenvalue weighted by atomic mass is 35.7. The maximum Gasteiger partial charge on any atom is 0.271 e. The number of halogens is 2. The molecule has 0 unspecified atom stereocenters. The van der Waals surface area contributed by atoms with E-state index in [9.17, 15) is 0 Å². The Bertz CT molecular complexity index is 177. The van der Waals surface area contributed by atoms with Crippen molar-refractivity contribution in [2.24, 2.45) is 0 Å². The predicted octanol–water partition coefficient (Wildman–Crippen LogP) is 1.88. The van der Waals surface area contributed by atoms with Gasteiger partial charge in [-0.15, -0.1) is 22.2 Å². The van der Waals surface area contributed by atoms with Gasteiger partial charge in [-0.25, -0.2) is 0 Å². The van der Waals surface area contributed by atoms with Gasteiger partial charge >= 0.3 is 0 Å². The van der Waals surface area contributed by atoms with E-state index in [-0.39, 0.29) is 0 Å². The average Bonchev–Trinajstić information content (AvgIpc) is 1.92. The SMILES string of the molecule is CCC(C#N)(C#N)[SiH](Cl)Cl. The van der Waals surface area contributed by atoms with Crippen LogP contribution < -0.4 is 0 Å². The summed E-state index contributed by atoms with van der Waals surface area (Å²) in [7, 11) is -2.20. The van der Waals surface area contributed by atoms with Crippen molar-refractivity contribution in [2.45, 2.75) is 18.4 Å². The van der Waals surface area contributed by atoms with E-state index in [0.717, 1.165) is 0 Å². The second-order valence-electron chi connectivity index (χ2n) is 1.85. The smallest absolute Gasteiger partial charge is 0.197 e. The van der Waals surface area contributed by atoms with Crippen LogP contribution >= 0.6 is 22.2 Å². The maximum atomic E-state index is 8.54. The minimum absolute atomic E-state index is 0.407. The van der Waals surface area contributed by atoms with Gasteiger partial charge in [-0.3, -0.25) is 0 Å². The van der Waals surface area contributed by atoms with Gasteiger partial charge in [0.25, 0.3) is 7.42 Å². The van der Waals surface area contributed by atoms with Crippen molar-refractivity contribution in [3.05, 3.63) is 0 Å². The molecule has 0 bridgehead atoms. The Balaban J connectivity index is 4.57. The van der Waals surface area contributed by atoms with Crippen LogP contribution in [0.1, 0.15) is 13.3 Å². The largest absolute Gasteiger partial charge is 0.271 e. The molecule has 2 nitrogen and oxygen atoms in total. The van der Waals surface area contributed by atoms with Crippen LogP contribution in [-0.2, 0) is 0 Å². The van der Waals surface area contributed by atoms with Gasteiger partial charge in [0.2, 0.25) is 0 Å². The molecule has 0 radical (unpaired) electrons. The van der Waals surface area contributed by atoms with Crippen molar-refractivity contribution in [1.82, 2.24) is 0 Å². The molecule has 0 saturated carbocycles. The predicted molar refractivity (Wildman–Crippen MR) is 43.1 cm³/mol. The standard InChI is InChI=1S/C5H6Cl2N2Si/c1-2-5(3-8,4-9)10(6)7/h10H,2H2,1H3. The molecule has 0 aromatic carbocycles. The molecule has 0 aromatic heterocycles. The molecule has 0 aromatic rings. The van der Waals surface area contributed by atoms with Crippen LogP contribution in [0.25, 0.3) is 0 Å². The number of hydrogen-bond donors (Lipinski definition) is 0. The summed E-state index contributed by atoms with van der Waals surface area (Å²) >= 11 is 11.1. The van der Waals surface area contributed by atoms with Gasteiger partial charge in [0.05, 0.1) is 12.1 Å². The molecule has 5 heteroatoms. The number of rotatable bonds is 2. The second-order valence-corrected chi connectivity index (χ2v) is 6.72. The van der Waals surface area contributed by atoms with Gasteiger partial charge in [0.15, 0.2) is 5.04 Å². The Kier molecular flexibility index (Phi) is 3.74. The Labute approximate surface area is 71.0 Å². The Morgan fingerprint density at radius 2 is 1.80 bits per heavy atom. The van der Waals surface area contributed by atoms with Crippen molar-refractivity contribution < 1.29 is 0 Å². The van der Waals surface area contributed by atoms with Crippen molar-refractivity contribution >= 4 is 29.6 Å². The number of nitrogens with zero attached hydrogens (tertiary/aromatic N) is 2. The minimum atomic E-state index is -2.20. The molecule has 0 aliphatic carbocycles. The highest BCUT2D eigenvalue weighted by Gasteiger charge is 2.37. The zero-order chi connectivity index (χ0) is 8.20. The first-order chi connectivity index (χ1) is 4.63. The quantitative estimate of drug-likeness (QED) is 0.496. The first-order valence-corrected chi connectivity index (χ1v) is 6.80. The van der Waals surface area contributed by atoms with Gasteiger partial charge in [0.1, 0.15) is 0 Å². The molecule has 0 amide bonds. The Hall–Kier alpha value is -0.223. The van der Waals surface area contributed by atoms with E-state index in [2.05, 4.69) is 0 Å². The van der Waals surface area contributed by atoms with Gasteiger partial charge in [-0.1, -0.05) is 6.92 Å². The summed E-state index contributed by atoms with van der Waals surface area (Å²) in [4.78, 5) is 0. The van der Waals surface area contributed by atoms with Gasteiger partial charge in [-0.05, 0) is 6.42 Å². The summed E-state index contributed by atoms with van der Waals surface area (Å²) in [6.07, 6.45) is 0.407. The van der Waals surface area contributed by atoms with Crippen LogP contribution in [0.2, 0.25) is 5.04 Å². The van der Waals surface area contributed by atoms with E-state index in [1.807, 2.05) is 12.1 Å². The first-order valence-electron chi connectivity index (χ1n) is 2.73. The first kappa shape index (κ1) is 9.78. The van der Waals surface area contributed by atoms with E-state index < -0.39 is 12.5 Å². The number of nitriles is 2. The van der Waals surface area contributed by atoms with Crippen LogP contribution in [-0.4, -0.2) is 7.42 Å². The van der Waals surface area contributed by atoms with E-state index in [4.69, 9.17) is 32.7 Å². The average molecular weight is 193 g/mol. The van der Waals surface area contributed by atoms with Gasteiger partial charge in [-0.2, -0.15) is 10.5 Å². The molecule has 0 rings (SSSR count). The van der Waals surface area contributed by atoms with Crippen molar-refractivity contribution in [3.63, 3.8) is 0 Å². The summed E-state index contributed by atoms with van der Waals surface area (Å²) in [6.45, 7) is 1.73. The van der Waals surface area contributed by atoms with Crippen LogP contribution in [0.5, 0.6) is 0 Å². The molecule has 0 heterocycles. The highest BCUT2D eigenvalue weighted by Crippen LogP contribution is 2.35. The fraction of sp³-hybridized carbons (Fsp3) is 0.600. The normalized spacial score (nSPS) is 10.6. The second kappa shape index (κ2) is 3.83. The van der Waals surface area contributed by atoms with Crippen LogP contribution in [0.4, 0.5) is 0 Å². The molecule has 0 saturated heterocycles. The lowest BCUT2D eigenvalue weighted by Gasteiger charge is -2.14. The van der Waals surface area contributed by atoms with E-state index in [1.165, 1.54) is 0 Å². The summed E-state index contributed by atoms with van der Waals surface area (Å²) in [6, 6.07) is 3.70. The van der Waals surface area contributed by atoms with E-state index in [1.54, 1.807) is 6.92 Å². The van der Waals surface area contributed by atoms with Crippen LogP contribution in [0.3, 0.4) is 0 Å². The van der Waals surface area contributed by atoms with Gasteiger partial charge < -0.3 is 0 Å². The lowest BCUT2D eigenvalue weighted by atomic mass is 10.1. The van der Waals surface area contributed by atoms with Crippen molar-refractivity contribution in [1.29, 1.82) is 10.5 Å². The Morgan fingerprint density at radius 1 is 1.40 bits per heavy atom. The molecule has 0 fully saturated rings.